The molecule has 150 valence electrons. The van der Waals surface area contributed by atoms with E-state index in [0.717, 1.165) is 48.4 Å². The van der Waals surface area contributed by atoms with Crippen molar-refractivity contribution in [3.8, 4) is 5.75 Å². The Morgan fingerprint density at radius 3 is 2.54 bits per heavy atom. The summed E-state index contributed by atoms with van der Waals surface area (Å²) in [6, 6.07) is 9.34. The van der Waals surface area contributed by atoms with Crippen LogP contribution in [0.5, 0.6) is 5.75 Å². The third-order valence-electron chi connectivity index (χ3n) is 5.05. The molecular weight excluding hydrogens is 442 g/mol. The van der Waals surface area contributed by atoms with Crippen LogP contribution in [0.15, 0.2) is 34.8 Å². The molecule has 5 nitrogen and oxygen atoms in total. The SMILES string of the molecule is CCN1CCN(c2ccc(NC(=O)c3cc(Br)cc(C)c3OC)cc2Cl)CC1. The van der Waals surface area contributed by atoms with Gasteiger partial charge in [0.1, 0.15) is 5.75 Å². The number of piperazine rings is 1. The molecule has 2 aromatic rings. The topological polar surface area (TPSA) is 44.8 Å². The Kier molecular flexibility index (Phi) is 6.86. The Hall–Kier alpha value is -1.76. The number of ether oxygens (including phenoxy) is 1. The number of likely N-dealkylation sites (N-methyl/N-ethyl adjacent to an activating group) is 1. The molecule has 1 aliphatic heterocycles. The largest absolute Gasteiger partial charge is 0.496 e. The second-order valence-corrected chi connectivity index (χ2v) is 8.17. The summed E-state index contributed by atoms with van der Waals surface area (Å²) in [5.74, 6) is 0.332. The molecule has 2 aromatic carbocycles. The number of halogens is 2. The van der Waals surface area contributed by atoms with Crippen LogP contribution in [-0.2, 0) is 0 Å². The molecule has 0 bridgehead atoms. The van der Waals surface area contributed by atoms with Gasteiger partial charge in [0.15, 0.2) is 0 Å². The van der Waals surface area contributed by atoms with Gasteiger partial charge in [0.25, 0.3) is 5.91 Å². The monoisotopic (exact) mass is 465 g/mol. The maximum absolute atomic E-state index is 12.8. The van der Waals surface area contributed by atoms with E-state index in [2.05, 4.69) is 38.0 Å². The Morgan fingerprint density at radius 2 is 1.93 bits per heavy atom. The number of nitrogens with one attached hydrogen (secondary N) is 1. The molecule has 1 fully saturated rings. The van der Waals surface area contributed by atoms with Crippen molar-refractivity contribution in [1.29, 1.82) is 0 Å². The van der Waals surface area contributed by atoms with Crippen LogP contribution in [0.25, 0.3) is 0 Å². The van der Waals surface area contributed by atoms with Crippen LogP contribution in [0.4, 0.5) is 11.4 Å². The van der Waals surface area contributed by atoms with E-state index in [1.165, 1.54) is 0 Å². The minimum absolute atomic E-state index is 0.235. The first-order chi connectivity index (χ1) is 13.4. The van der Waals surface area contributed by atoms with E-state index in [9.17, 15) is 4.79 Å². The Balaban J connectivity index is 1.76. The van der Waals surface area contributed by atoms with Gasteiger partial charge in [-0.1, -0.05) is 34.5 Å². The number of carbonyl (C=O) groups excluding carboxylic acids is 1. The van der Waals surface area contributed by atoms with Gasteiger partial charge in [0.2, 0.25) is 0 Å². The summed E-state index contributed by atoms with van der Waals surface area (Å²) in [5, 5.41) is 3.56. The highest BCUT2D eigenvalue weighted by molar-refractivity contribution is 9.10. The van der Waals surface area contributed by atoms with Crippen LogP contribution in [0.1, 0.15) is 22.8 Å². The molecule has 0 saturated carbocycles. The number of hydrogen-bond donors (Lipinski definition) is 1. The summed E-state index contributed by atoms with van der Waals surface area (Å²) in [6.45, 7) is 9.14. The minimum Gasteiger partial charge on any atom is -0.496 e. The van der Waals surface area contributed by atoms with E-state index in [4.69, 9.17) is 16.3 Å². The Bertz CT molecular complexity index is 867. The minimum atomic E-state index is -0.235. The first-order valence-electron chi connectivity index (χ1n) is 9.35. The lowest BCUT2D eigenvalue weighted by Crippen LogP contribution is -2.46. The third kappa shape index (κ3) is 4.62. The number of anilines is 2. The highest BCUT2D eigenvalue weighted by Crippen LogP contribution is 2.31. The summed E-state index contributed by atoms with van der Waals surface area (Å²) in [4.78, 5) is 17.5. The number of methoxy groups -OCH3 is 1. The van der Waals surface area contributed by atoms with Crippen molar-refractivity contribution in [3.63, 3.8) is 0 Å². The van der Waals surface area contributed by atoms with E-state index in [0.29, 0.717) is 22.0 Å². The highest BCUT2D eigenvalue weighted by Gasteiger charge is 2.19. The molecule has 3 rings (SSSR count). The van der Waals surface area contributed by atoms with Crippen molar-refractivity contribution in [3.05, 3.63) is 51.0 Å². The lowest BCUT2D eigenvalue weighted by molar-refractivity contribution is 0.102. The van der Waals surface area contributed by atoms with Gasteiger partial charge in [-0.05, 0) is 49.4 Å². The highest BCUT2D eigenvalue weighted by atomic mass is 79.9. The molecule has 1 N–H and O–H groups in total. The molecule has 0 aromatic heterocycles. The van der Waals surface area contributed by atoms with Crippen molar-refractivity contribution in [2.45, 2.75) is 13.8 Å². The third-order valence-corrected chi connectivity index (χ3v) is 5.81. The molecule has 0 atom stereocenters. The quantitative estimate of drug-likeness (QED) is 0.686. The number of benzene rings is 2. The van der Waals surface area contributed by atoms with Crippen LogP contribution in [0.2, 0.25) is 5.02 Å². The summed E-state index contributed by atoms with van der Waals surface area (Å²) >= 11 is 9.97. The fraction of sp³-hybridized carbons (Fsp3) is 0.381. The first kappa shape index (κ1) is 21.0. The molecular formula is C21H25BrClN3O2. The molecule has 0 spiro atoms. The molecule has 0 aliphatic carbocycles. The number of aryl methyl sites for hydroxylation is 1. The second kappa shape index (κ2) is 9.16. The van der Waals surface area contributed by atoms with Crippen LogP contribution < -0.4 is 15.0 Å². The second-order valence-electron chi connectivity index (χ2n) is 6.85. The average molecular weight is 467 g/mol. The van der Waals surface area contributed by atoms with E-state index < -0.39 is 0 Å². The summed E-state index contributed by atoms with van der Waals surface area (Å²) < 4.78 is 6.24. The van der Waals surface area contributed by atoms with Gasteiger partial charge in [-0.3, -0.25) is 4.79 Å². The molecule has 7 heteroatoms. The predicted molar refractivity (Wildman–Crippen MR) is 119 cm³/mol. The average Bonchev–Trinajstić information content (AvgIpc) is 2.67. The van der Waals surface area contributed by atoms with Crippen molar-refractivity contribution < 1.29 is 9.53 Å². The standard InChI is InChI=1S/C21H25BrClN3O2/c1-4-25-7-9-26(10-8-25)19-6-5-16(13-18(19)23)24-21(27)17-12-15(22)11-14(2)20(17)28-3/h5-6,11-13H,4,7-10H2,1-3H3,(H,24,27). The van der Waals surface area contributed by atoms with E-state index in [-0.39, 0.29) is 5.91 Å². The zero-order valence-corrected chi connectivity index (χ0v) is 18.7. The molecule has 1 heterocycles. The van der Waals surface area contributed by atoms with E-state index >= 15 is 0 Å². The van der Waals surface area contributed by atoms with Gasteiger partial charge >= 0.3 is 0 Å². The Labute approximate surface area is 179 Å². The number of amides is 1. The molecule has 0 radical (unpaired) electrons. The van der Waals surface area contributed by atoms with Gasteiger partial charge in [-0.25, -0.2) is 0 Å². The van der Waals surface area contributed by atoms with Gasteiger partial charge in [0.05, 0.1) is 23.4 Å². The number of hydrogen-bond acceptors (Lipinski definition) is 4. The number of rotatable bonds is 5. The van der Waals surface area contributed by atoms with Gasteiger partial charge < -0.3 is 19.9 Å². The van der Waals surface area contributed by atoms with Crippen LogP contribution >= 0.6 is 27.5 Å². The molecule has 28 heavy (non-hydrogen) atoms. The van der Waals surface area contributed by atoms with Gasteiger partial charge in [-0.15, -0.1) is 0 Å². The zero-order valence-electron chi connectivity index (χ0n) is 16.4. The zero-order chi connectivity index (χ0) is 20.3. The van der Waals surface area contributed by atoms with Crippen molar-refractivity contribution in [1.82, 2.24) is 4.90 Å². The van der Waals surface area contributed by atoms with Crippen LogP contribution in [0.3, 0.4) is 0 Å². The molecule has 1 aliphatic rings. The molecule has 1 saturated heterocycles. The van der Waals surface area contributed by atoms with E-state index in [1.807, 2.05) is 25.1 Å². The smallest absolute Gasteiger partial charge is 0.259 e. The van der Waals surface area contributed by atoms with Crippen molar-refractivity contribution >= 4 is 44.8 Å². The van der Waals surface area contributed by atoms with Crippen LogP contribution in [0, 0.1) is 6.92 Å². The van der Waals surface area contributed by atoms with Crippen LogP contribution in [-0.4, -0.2) is 50.6 Å². The maximum Gasteiger partial charge on any atom is 0.259 e. The maximum atomic E-state index is 12.8. The fourth-order valence-corrected chi connectivity index (χ4v) is 4.39. The summed E-state index contributed by atoms with van der Waals surface area (Å²) in [6.07, 6.45) is 0. The summed E-state index contributed by atoms with van der Waals surface area (Å²) in [7, 11) is 1.57. The fourth-order valence-electron chi connectivity index (χ4n) is 3.51. The lowest BCUT2D eigenvalue weighted by Gasteiger charge is -2.36. The molecule has 0 unspecified atom stereocenters. The van der Waals surface area contributed by atoms with Gasteiger partial charge in [-0.2, -0.15) is 0 Å². The Morgan fingerprint density at radius 1 is 1.21 bits per heavy atom. The van der Waals surface area contributed by atoms with Crippen molar-refractivity contribution in [2.24, 2.45) is 0 Å². The van der Waals surface area contributed by atoms with Crippen molar-refractivity contribution in [2.75, 3.05) is 50.1 Å². The van der Waals surface area contributed by atoms with E-state index in [1.54, 1.807) is 19.2 Å². The van der Waals surface area contributed by atoms with Gasteiger partial charge in [0, 0.05) is 36.3 Å². The first-order valence-corrected chi connectivity index (χ1v) is 10.5. The lowest BCUT2D eigenvalue weighted by atomic mass is 10.1. The molecule has 1 amide bonds. The number of carbonyl (C=O) groups is 1. The predicted octanol–water partition coefficient (Wildman–Crippen LogP) is 4.81. The normalized spacial score (nSPS) is 14.8. The number of nitrogens with zero attached hydrogens (tertiary/aromatic N) is 2. The summed E-state index contributed by atoms with van der Waals surface area (Å²) in [5.41, 5.74) is 3.03.